The summed E-state index contributed by atoms with van der Waals surface area (Å²) >= 11 is 2.11. The Kier molecular flexibility index (Phi) is 2.40. The Morgan fingerprint density at radius 2 is 2.14 bits per heavy atom. The van der Waals surface area contributed by atoms with Crippen molar-refractivity contribution in [1.29, 1.82) is 0 Å². The quantitative estimate of drug-likeness (QED) is 0.646. The van der Waals surface area contributed by atoms with Crippen molar-refractivity contribution in [3.63, 3.8) is 0 Å². The van der Waals surface area contributed by atoms with Crippen LogP contribution in [0.25, 0.3) is 10.9 Å². The van der Waals surface area contributed by atoms with Crippen molar-refractivity contribution in [1.82, 2.24) is 9.97 Å². The fraction of sp³-hybridized carbons (Fsp3) is 0.111. The third kappa shape index (κ3) is 1.47. The van der Waals surface area contributed by atoms with E-state index in [0.29, 0.717) is 11.3 Å². The second-order valence-corrected chi connectivity index (χ2v) is 3.73. The molecule has 0 spiro atoms. The first-order chi connectivity index (χ1) is 6.72. The molecule has 0 saturated heterocycles. The maximum atomic E-state index is 9.51. The van der Waals surface area contributed by atoms with Gasteiger partial charge in [-0.3, -0.25) is 0 Å². The number of halogens is 1. The Hall–Kier alpha value is -1.11. The number of hydrogen-bond donors (Lipinski definition) is 1. The zero-order valence-electron chi connectivity index (χ0n) is 7.36. The Morgan fingerprint density at radius 1 is 1.36 bits per heavy atom. The van der Waals surface area contributed by atoms with Crippen LogP contribution in [-0.2, 0) is 0 Å². The van der Waals surface area contributed by atoms with Gasteiger partial charge in [0.15, 0.2) is 11.5 Å². The van der Waals surface area contributed by atoms with E-state index in [1.807, 2.05) is 0 Å². The van der Waals surface area contributed by atoms with Crippen LogP contribution >= 0.6 is 22.6 Å². The Morgan fingerprint density at radius 3 is 2.86 bits per heavy atom. The Bertz CT molecular complexity index is 487. The van der Waals surface area contributed by atoms with E-state index in [-0.39, 0.29) is 5.75 Å². The van der Waals surface area contributed by atoms with Crippen LogP contribution in [0, 0.1) is 3.70 Å². The summed E-state index contributed by atoms with van der Waals surface area (Å²) in [5.74, 6) is 0.528. The molecule has 14 heavy (non-hydrogen) atoms. The minimum atomic E-state index is 0.0921. The van der Waals surface area contributed by atoms with Crippen molar-refractivity contribution >= 4 is 33.5 Å². The zero-order chi connectivity index (χ0) is 10.1. The molecule has 72 valence electrons. The van der Waals surface area contributed by atoms with Gasteiger partial charge < -0.3 is 9.84 Å². The number of phenols is 1. The molecule has 0 bridgehead atoms. The number of ether oxygens (including phenoxy) is 1. The number of rotatable bonds is 1. The largest absolute Gasteiger partial charge is 0.504 e. The van der Waals surface area contributed by atoms with Gasteiger partial charge in [0.25, 0.3) is 0 Å². The lowest BCUT2D eigenvalue weighted by Crippen LogP contribution is -1.89. The van der Waals surface area contributed by atoms with E-state index in [2.05, 4.69) is 32.6 Å². The lowest BCUT2D eigenvalue weighted by Gasteiger charge is -2.05. The highest BCUT2D eigenvalue weighted by Crippen LogP contribution is 2.31. The Balaban J connectivity index is 2.80. The monoisotopic (exact) mass is 302 g/mol. The van der Waals surface area contributed by atoms with Crippen LogP contribution in [0.1, 0.15) is 0 Å². The average molecular weight is 302 g/mol. The number of phenolic OH excluding ortho intramolecular Hbond substituents is 1. The van der Waals surface area contributed by atoms with Gasteiger partial charge in [-0.25, -0.2) is 9.97 Å². The van der Waals surface area contributed by atoms with Crippen molar-refractivity contribution in [3.8, 4) is 11.5 Å². The molecule has 0 radical (unpaired) electrons. The maximum absolute atomic E-state index is 9.51. The van der Waals surface area contributed by atoms with Crippen LogP contribution in [-0.4, -0.2) is 22.2 Å². The number of fused-ring (bicyclic) bond motifs is 1. The Labute approximate surface area is 94.1 Å². The smallest absolute Gasteiger partial charge is 0.161 e. The normalized spacial score (nSPS) is 10.4. The van der Waals surface area contributed by atoms with Crippen molar-refractivity contribution in [2.24, 2.45) is 0 Å². The summed E-state index contributed by atoms with van der Waals surface area (Å²) in [5.41, 5.74) is 0.711. The molecule has 0 unspecified atom stereocenters. The van der Waals surface area contributed by atoms with Gasteiger partial charge in [0.2, 0.25) is 0 Å². The third-order valence-electron chi connectivity index (χ3n) is 1.89. The molecule has 0 saturated carbocycles. The van der Waals surface area contributed by atoms with E-state index < -0.39 is 0 Å². The zero-order valence-corrected chi connectivity index (χ0v) is 9.52. The lowest BCUT2D eigenvalue weighted by atomic mass is 10.2. The molecule has 1 heterocycles. The number of aromatic hydroxyl groups is 1. The van der Waals surface area contributed by atoms with Gasteiger partial charge >= 0.3 is 0 Å². The molecule has 1 aromatic carbocycles. The molecule has 1 N–H and O–H groups in total. The molecule has 0 amide bonds. The van der Waals surface area contributed by atoms with Gasteiger partial charge in [0.1, 0.15) is 10.0 Å². The highest BCUT2D eigenvalue weighted by Gasteiger charge is 2.07. The molecule has 0 aliphatic carbocycles. The molecule has 5 heteroatoms. The van der Waals surface area contributed by atoms with Crippen LogP contribution < -0.4 is 4.74 Å². The fourth-order valence-corrected chi connectivity index (χ4v) is 1.76. The van der Waals surface area contributed by atoms with Crippen LogP contribution in [0.4, 0.5) is 0 Å². The van der Waals surface area contributed by atoms with Crippen LogP contribution in [0.2, 0.25) is 0 Å². The number of methoxy groups -OCH3 is 1. The molecule has 0 aliphatic heterocycles. The molecule has 0 atom stereocenters. The summed E-state index contributed by atoms with van der Waals surface area (Å²) < 4.78 is 5.84. The van der Waals surface area contributed by atoms with Gasteiger partial charge in [-0.1, -0.05) is 0 Å². The molecule has 4 nitrogen and oxygen atoms in total. The van der Waals surface area contributed by atoms with E-state index in [0.717, 1.165) is 9.09 Å². The number of hydrogen-bond acceptors (Lipinski definition) is 4. The van der Waals surface area contributed by atoms with Gasteiger partial charge in [-0.05, 0) is 28.7 Å². The second kappa shape index (κ2) is 3.56. The lowest BCUT2D eigenvalue weighted by molar-refractivity contribution is 0.374. The summed E-state index contributed by atoms with van der Waals surface area (Å²) in [5, 5.41) is 10.4. The maximum Gasteiger partial charge on any atom is 0.161 e. The van der Waals surface area contributed by atoms with Crippen molar-refractivity contribution in [2.75, 3.05) is 7.11 Å². The summed E-state index contributed by atoms with van der Waals surface area (Å²) in [4.78, 5) is 8.10. The predicted octanol–water partition coefficient (Wildman–Crippen LogP) is 1.95. The first kappa shape index (κ1) is 9.45. The molecule has 2 aromatic rings. The van der Waals surface area contributed by atoms with Crippen molar-refractivity contribution in [3.05, 3.63) is 22.2 Å². The SMILES string of the molecule is COc1cc2c(I)ncnc2cc1O. The standard InChI is InChI=1S/C9H7IN2O2/c1-14-8-2-5-6(3-7(8)13)11-4-12-9(5)10/h2-4,13H,1H3. The van der Waals surface area contributed by atoms with Gasteiger partial charge in [0.05, 0.1) is 12.6 Å². The second-order valence-electron chi connectivity index (χ2n) is 2.71. The van der Waals surface area contributed by atoms with Crippen LogP contribution in [0.5, 0.6) is 11.5 Å². The summed E-state index contributed by atoms with van der Waals surface area (Å²) in [6, 6.07) is 3.30. The van der Waals surface area contributed by atoms with Crippen molar-refractivity contribution in [2.45, 2.75) is 0 Å². The molecule has 0 fully saturated rings. The third-order valence-corrected chi connectivity index (χ3v) is 2.75. The highest BCUT2D eigenvalue weighted by atomic mass is 127. The number of aromatic nitrogens is 2. The minimum absolute atomic E-state index is 0.0921. The van der Waals surface area contributed by atoms with E-state index in [1.165, 1.54) is 13.4 Å². The summed E-state index contributed by atoms with van der Waals surface area (Å²) in [6.07, 6.45) is 1.47. The first-order valence-corrected chi connectivity index (χ1v) is 4.97. The predicted molar refractivity (Wildman–Crippen MR) is 60.5 cm³/mol. The van der Waals surface area contributed by atoms with E-state index in [1.54, 1.807) is 12.1 Å². The van der Waals surface area contributed by atoms with Gasteiger partial charge in [-0.15, -0.1) is 0 Å². The van der Waals surface area contributed by atoms with Crippen molar-refractivity contribution < 1.29 is 9.84 Å². The summed E-state index contributed by atoms with van der Waals surface area (Å²) in [6.45, 7) is 0. The number of nitrogens with zero attached hydrogens (tertiary/aromatic N) is 2. The minimum Gasteiger partial charge on any atom is -0.504 e. The summed E-state index contributed by atoms with van der Waals surface area (Å²) in [7, 11) is 1.51. The van der Waals surface area contributed by atoms with E-state index in [4.69, 9.17) is 4.74 Å². The molecular formula is C9H7IN2O2. The first-order valence-electron chi connectivity index (χ1n) is 3.89. The molecular weight excluding hydrogens is 295 g/mol. The molecule has 1 aromatic heterocycles. The van der Waals surface area contributed by atoms with Crippen LogP contribution in [0.3, 0.4) is 0 Å². The average Bonchev–Trinajstić information content (AvgIpc) is 2.17. The van der Waals surface area contributed by atoms with E-state index >= 15 is 0 Å². The fourth-order valence-electron chi connectivity index (χ4n) is 1.20. The molecule has 2 rings (SSSR count). The van der Waals surface area contributed by atoms with Gasteiger partial charge in [0, 0.05) is 11.5 Å². The highest BCUT2D eigenvalue weighted by molar-refractivity contribution is 14.1. The van der Waals surface area contributed by atoms with E-state index in [9.17, 15) is 5.11 Å². The topological polar surface area (TPSA) is 55.2 Å². The number of benzene rings is 1. The van der Waals surface area contributed by atoms with Crippen LogP contribution in [0.15, 0.2) is 18.5 Å². The molecule has 0 aliphatic rings. The van der Waals surface area contributed by atoms with Gasteiger partial charge in [-0.2, -0.15) is 0 Å².